The van der Waals surface area contributed by atoms with Crippen molar-refractivity contribution < 1.29 is 14.3 Å². The van der Waals surface area contributed by atoms with Gasteiger partial charge in [-0.05, 0) is 41.5 Å². The summed E-state index contributed by atoms with van der Waals surface area (Å²) in [6.07, 6.45) is 0. The molecule has 0 radical (unpaired) electrons. The van der Waals surface area contributed by atoms with Crippen LogP contribution in [0, 0.1) is 0 Å². The zero-order valence-electron chi connectivity index (χ0n) is 16.6. The number of para-hydroxylation sites is 1. The zero-order valence-corrected chi connectivity index (χ0v) is 16.6. The van der Waals surface area contributed by atoms with Gasteiger partial charge in [0.2, 0.25) is 5.91 Å². The maximum atomic E-state index is 12.6. The predicted octanol–water partition coefficient (Wildman–Crippen LogP) is 4.50. The smallest absolute Gasteiger partial charge is 0.255 e. The van der Waals surface area contributed by atoms with Gasteiger partial charge in [0.15, 0.2) is 0 Å². The van der Waals surface area contributed by atoms with Crippen molar-refractivity contribution >= 4 is 17.5 Å². The molecule has 148 valence electrons. The molecule has 5 heteroatoms. The molecule has 0 aliphatic rings. The highest BCUT2D eigenvalue weighted by Gasteiger charge is 2.11. The van der Waals surface area contributed by atoms with Crippen LogP contribution < -0.4 is 10.1 Å². The Hall–Kier alpha value is -3.60. The SMILES string of the molecule is CC(=O)N(C)Cc1ccccc1NC(=O)c1ccc(OCc2ccccc2)cc1. The van der Waals surface area contributed by atoms with E-state index in [4.69, 9.17) is 4.74 Å². The van der Waals surface area contributed by atoms with Gasteiger partial charge in [-0.2, -0.15) is 0 Å². The molecule has 0 unspecified atom stereocenters. The molecule has 0 bridgehead atoms. The highest BCUT2D eigenvalue weighted by atomic mass is 16.5. The Kier molecular flexibility index (Phi) is 6.63. The minimum atomic E-state index is -0.211. The van der Waals surface area contributed by atoms with Gasteiger partial charge < -0.3 is 15.0 Å². The second-order valence-corrected chi connectivity index (χ2v) is 6.79. The summed E-state index contributed by atoms with van der Waals surface area (Å²) in [5.74, 6) is 0.462. The Bertz CT molecular complexity index is 969. The molecule has 0 aliphatic carbocycles. The number of hydrogen-bond donors (Lipinski definition) is 1. The van der Waals surface area contributed by atoms with Crippen molar-refractivity contribution in [1.29, 1.82) is 0 Å². The molecule has 0 spiro atoms. The number of ether oxygens (including phenoxy) is 1. The first-order chi connectivity index (χ1) is 14.0. The van der Waals surface area contributed by atoms with Crippen LogP contribution in [0.15, 0.2) is 78.9 Å². The maximum absolute atomic E-state index is 12.6. The van der Waals surface area contributed by atoms with Crippen LogP contribution in [0.3, 0.4) is 0 Å². The molecule has 0 atom stereocenters. The summed E-state index contributed by atoms with van der Waals surface area (Å²) in [5.41, 5.74) is 3.18. The lowest BCUT2D eigenvalue weighted by Crippen LogP contribution is -2.24. The van der Waals surface area contributed by atoms with Crippen molar-refractivity contribution in [2.75, 3.05) is 12.4 Å². The van der Waals surface area contributed by atoms with Gasteiger partial charge in [-0.3, -0.25) is 9.59 Å². The lowest BCUT2D eigenvalue weighted by molar-refractivity contribution is -0.128. The highest BCUT2D eigenvalue weighted by Crippen LogP contribution is 2.19. The minimum absolute atomic E-state index is 0.0304. The topological polar surface area (TPSA) is 58.6 Å². The van der Waals surface area contributed by atoms with Crippen molar-refractivity contribution in [3.8, 4) is 5.75 Å². The standard InChI is InChI=1S/C24H24N2O3/c1-18(27)26(2)16-21-10-6-7-11-23(21)25-24(28)20-12-14-22(15-13-20)29-17-19-8-4-3-5-9-19/h3-15H,16-17H2,1-2H3,(H,25,28). The second-order valence-electron chi connectivity index (χ2n) is 6.79. The lowest BCUT2D eigenvalue weighted by Gasteiger charge is -2.18. The van der Waals surface area contributed by atoms with Crippen LogP contribution in [0.2, 0.25) is 0 Å². The molecule has 0 saturated carbocycles. The molecular formula is C24H24N2O3. The Morgan fingerprint density at radius 3 is 2.24 bits per heavy atom. The fourth-order valence-corrected chi connectivity index (χ4v) is 2.78. The normalized spacial score (nSPS) is 10.3. The van der Waals surface area contributed by atoms with E-state index in [1.54, 1.807) is 36.2 Å². The summed E-state index contributed by atoms with van der Waals surface area (Å²) >= 11 is 0. The van der Waals surface area contributed by atoms with Gasteiger partial charge in [0.25, 0.3) is 5.91 Å². The van der Waals surface area contributed by atoms with E-state index in [9.17, 15) is 9.59 Å². The van der Waals surface area contributed by atoms with Crippen LogP contribution in [0.25, 0.3) is 0 Å². The van der Waals surface area contributed by atoms with Crippen LogP contribution in [-0.2, 0) is 17.9 Å². The van der Waals surface area contributed by atoms with E-state index >= 15 is 0 Å². The number of amides is 2. The summed E-state index contributed by atoms with van der Waals surface area (Å²) in [5, 5.41) is 2.93. The zero-order chi connectivity index (χ0) is 20.6. The number of nitrogens with zero attached hydrogens (tertiary/aromatic N) is 1. The van der Waals surface area contributed by atoms with Crippen molar-refractivity contribution in [1.82, 2.24) is 4.90 Å². The van der Waals surface area contributed by atoms with Crippen LogP contribution in [-0.4, -0.2) is 23.8 Å². The van der Waals surface area contributed by atoms with E-state index in [0.717, 1.165) is 11.1 Å². The number of carbonyl (C=O) groups is 2. The van der Waals surface area contributed by atoms with Crippen LogP contribution in [0.5, 0.6) is 5.75 Å². The van der Waals surface area contributed by atoms with Crippen molar-refractivity contribution in [3.63, 3.8) is 0 Å². The largest absolute Gasteiger partial charge is 0.489 e. The van der Waals surface area contributed by atoms with Gasteiger partial charge in [0.05, 0.1) is 0 Å². The van der Waals surface area contributed by atoms with Gasteiger partial charge in [-0.25, -0.2) is 0 Å². The first-order valence-corrected chi connectivity index (χ1v) is 9.40. The quantitative estimate of drug-likeness (QED) is 0.648. The van der Waals surface area contributed by atoms with Gasteiger partial charge in [0.1, 0.15) is 12.4 Å². The summed E-state index contributed by atoms with van der Waals surface area (Å²) in [6, 6.07) is 24.4. The Balaban J connectivity index is 1.63. The third-order valence-corrected chi connectivity index (χ3v) is 4.58. The van der Waals surface area contributed by atoms with Crippen LogP contribution >= 0.6 is 0 Å². The van der Waals surface area contributed by atoms with E-state index in [0.29, 0.717) is 30.2 Å². The molecule has 29 heavy (non-hydrogen) atoms. The summed E-state index contributed by atoms with van der Waals surface area (Å²) in [4.78, 5) is 25.8. The van der Waals surface area contributed by atoms with E-state index in [1.165, 1.54) is 6.92 Å². The molecule has 3 rings (SSSR count). The molecule has 5 nitrogen and oxygen atoms in total. The molecule has 0 aromatic heterocycles. The molecule has 0 fully saturated rings. The minimum Gasteiger partial charge on any atom is -0.489 e. The molecule has 1 N–H and O–H groups in total. The number of hydrogen-bond acceptors (Lipinski definition) is 3. The monoisotopic (exact) mass is 388 g/mol. The van der Waals surface area contributed by atoms with Crippen LogP contribution in [0.4, 0.5) is 5.69 Å². The number of nitrogens with one attached hydrogen (secondary N) is 1. The van der Waals surface area contributed by atoms with E-state index < -0.39 is 0 Å². The van der Waals surface area contributed by atoms with Gasteiger partial charge in [-0.1, -0.05) is 48.5 Å². The molecule has 0 saturated heterocycles. The van der Waals surface area contributed by atoms with Crippen LogP contribution in [0.1, 0.15) is 28.4 Å². The van der Waals surface area contributed by atoms with Gasteiger partial charge in [0, 0.05) is 31.8 Å². The van der Waals surface area contributed by atoms with Crippen molar-refractivity contribution in [2.24, 2.45) is 0 Å². The average molecular weight is 388 g/mol. The molecule has 0 aliphatic heterocycles. The number of rotatable bonds is 7. The summed E-state index contributed by atoms with van der Waals surface area (Å²) < 4.78 is 5.76. The average Bonchev–Trinajstić information content (AvgIpc) is 2.74. The second kappa shape index (κ2) is 9.55. The number of benzene rings is 3. The van der Waals surface area contributed by atoms with Gasteiger partial charge >= 0.3 is 0 Å². The van der Waals surface area contributed by atoms with Crippen molar-refractivity contribution in [2.45, 2.75) is 20.1 Å². The van der Waals surface area contributed by atoms with Crippen molar-refractivity contribution in [3.05, 3.63) is 95.6 Å². The highest BCUT2D eigenvalue weighted by molar-refractivity contribution is 6.04. The predicted molar refractivity (Wildman–Crippen MR) is 114 cm³/mol. The Morgan fingerprint density at radius 1 is 0.897 bits per heavy atom. The summed E-state index contributed by atoms with van der Waals surface area (Å²) in [7, 11) is 1.73. The molecule has 3 aromatic rings. The lowest BCUT2D eigenvalue weighted by atomic mass is 10.1. The van der Waals surface area contributed by atoms with E-state index in [1.807, 2.05) is 54.6 Å². The van der Waals surface area contributed by atoms with Gasteiger partial charge in [-0.15, -0.1) is 0 Å². The number of anilines is 1. The molecule has 2 amide bonds. The summed E-state index contributed by atoms with van der Waals surface area (Å²) in [6.45, 7) is 2.42. The molecule has 3 aromatic carbocycles. The molecule has 0 heterocycles. The fraction of sp³-hybridized carbons (Fsp3) is 0.167. The van der Waals surface area contributed by atoms with E-state index in [2.05, 4.69) is 5.32 Å². The number of carbonyl (C=O) groups excluding carboxylic acids is 2. The molecular weight excluding hydrogens is 364 g/mol. The Labute approximate surface area is 170 Å². The first-order valence-electron chi connectivity index (χ1n) is 9.40. The first kappa shape index (κ1) is 20.1. The third-order valence-electron chi connectivity index (χ3n) is 4.58. The van der Waals surface area contributed by atoms with E-state index in [-0.39, 0.29) is 11.8 Å². The maximum Gasteiger partial charge on any atom is 0.255 e. The third kappa shape index (κ3) is 5.69. The Morgan fingerprint density at radius 2 is 1.55 bits per heavy atom. The fourth-order valence-electron chi connectivity index (χ4n) is 2.78.